The summed E-state index contributed by atoms with van der Waals surface area (Å²) in [5.74, 6) is -0.192. The lowest BCUT2D eigenvalue weighted by molar-refractivity contribution is -0.133. The van der Waals surface area contributed by atoms with E-state index in [1.807, 2.05) is 18.2 Å². The Balaban J connectivity index is 2.30. The molecule has 0 unspecified atom stereocenters. The van der Waals surface area contributed by atoms with Crippen LogP contribution < -0.4 is 5.32 Å². The number of benzene rings is 1. The number of para-hydroxylation sites is 1. The summed E-state index contributed by atoms with van der Waals surface area (Å²) in [7, 11) is 1.51. The van der Waals surface area contributed by atoms with Crippen LogP contribution in [0.25, 0.3) is 10.9 Å². The molecule has 5 nitrogen and oxygen atoms in total. The molecule has 0 atom stereocenters. The largest absolute Gasteiger partial charge is 0.369 e. The summed E-state index contributed by atoms with van der Waals surface area (Å²) in [4.78, 5) is 12.0. The fourth-order valence-corrected chi connectivity index (χ4v) is 1.44. The fraction of sp³-hybridized carbons (Fsp3) is 0.333. The van der Waals surface area contributed by atoms with Crippen molar-refractivity contribution in [2.24, 2.45) is 0 Å². The number of amides is 1. The van der Waals surface area contributed by atoms with E-state index < -0.39 is 5.60 Å². The summed E-state index contributed by atoms with van der Waals surface area (Å²) >= 11 is 0. The van der Waals surface area contributed by atoms with Gasteiger partial charge in [0, 0.05) is 12.5 Å². The molecule has 1 aromatic heterocycles. The van der Waals surface area contributed by atoms with Gasteiger partial charge in [-0.25, -0.2) is 0 Å². The van der Waals surface area contributed by atoms with Crippen LogP contribution in [0.2, 0.25) is 0 Å². The predicted octanol–water partition coefficient (Wildman–Crippen LogP) is 1.93. The van der Waals surface area contributed by atoms with E-state index in [1.54, 1.807) is 20.0 Å². The molecule has 0 aliphatic rings. The molecule has 0 spiro atoms. The Morgan fingerprint density at radius 3 is 2.94 bits per heavy atom. The summed E-state index contributed by atoms with van der Waals surface area (Å²) in [6.45, 7) is 3.44. The number of hydrogen-bond donors (Lipinski definition) is 2. The quantitative estimate of drug-likeness (QED) is 0.851. The van der Waals surface area contributed by atoms with Crippen molar-refractivity contribution >= 4 is 22.5 Å². The third kappa shape index (κ3) is 2.14. The van der Waals surface area contributed by atoms with Crippen LogP contribution in [0.5, 0.6) is 0 Å². The Hall–Kier alpha value is -1.88. The minimum Gasteiger partial charge on any atom is -0.369 e. The summed E-state index contributed by atoms with van der Waals surface area (Å²) < 4.78 is 5.13. The Kier molecular flexibility index (Phi) is 2.85. The average molecular weight is 233 g/mol. The standard InChI is InChI=1S/C12H15N3O2/c1-12(2,17-3)11(16)14-9-6-4-5-8-7-13-15-10(8)9/h4-7H,1-3H3,(H,13,15)(H,14,16). The lowest BCUT2D eigenvalue weighted by Gasteiger charge is -2.21. The molecule has 0 bridgehead atoms. The van der Waals surface area contributed by atoms with Gasteiger partial charge in [0.2, 0.25) is 0 Å². The van der Waals surface area contributed by atoms with Crippen LogP contribution in [-0.4, -0.2) is 28.8 Å². The maximum Gasteiger partial charge on any atom is 0.256 e. The zero-order valence-corrected chi connectivity index (χ0v) is 10.1. The monoisotopic (exact) mass is 233 g/mol. The number of hydrogen-bond acceptors (Lipinski definition) is 3. The van der Waals surface area contributed by atoms with Crippen molar-refractivity contribution < 1.29 is 9.53 Å². The van der Waals surface area contributed by atoms with Gasteiger partial charge in [0.05, 0.1) is 17.4 Å². The molecule has 0 saturated heterocycles. The van der Waals surface area contributed by atoms with Gasteiger partial charge >= 0.3 is 0 Å². The molecule has 5 heteroatoms. The molecule has 2 aromatic rings. The number of aromatic amines is 1. The number of aromatic nitrogens is 2. The van der Waals surface area contributed by atoms with Crippen molar-refractivity contribution in [1.29, 1.82) is 0 Å². The smallest absolute Gasteiger partial charge is 0.256 e. The van der Waals surface area contributed by atoms with Crippen molar-refractivity contribution in [2.45, 2.75) is 19.4 Å². The van der Waals surface area contributed by atoms with E-state index in [1.165, 1.54) is 7.11 Å². The first kappa shape index (κ1) is 11.6. The van der Waals surface area contributed by atoms with Crippen LogP contribution in [0.4, 0.5) is 5.69 Å². The van der Waals surface area contributed by atoms with Crippen LogP contribution >= 0.6 is 0 Å². The first-order chi connectivity index (χ1) is 8.04. The number of ether oxygens (including phenoxy) is 1. The summed E-state index contributed by atoms with van der Waals surface area (Å²) in [5.41, 5.74) is 0.658. The van der Waals surface area contributed by atoms with Crippen LogP contribution in [0.1, 0.15) is 13.8 Å². The molecule has 1 amide bonds. The van der Waals surface area contributed by atoms with Crippen molar-refractivity contribution in [2.75, 3.05) is 12.4 Å². The Bertz CT molecular complexity index is 545. The number of rotatable bonds is 3. The lowest BCUT2D eigenvalue weighted by Crippen LogP contribution is -2.38. The Labute approximate surface area is 99.2 Å². The number of nitrogens with zero attached hydrogens (tertiary/aromatic N) is 1. The van der Waals surface area contributed by atoms with Gasteiger partial charge in [-0.05, 0) is 19.9 Å². The van der Waals surface area contributed by atoms with Gasteiger partial charge < -0.3 is 10.1 Å². The number of carbonyl (C=O) groups excluding carboxylic acids is 1. The number of carbonyl (C=O) groups is 1. The highest BCUT2D eigenvalue weighted by molar-refractivity contribution is 6.03. The van der Waals surface area contributed by atoms with Crippen molar-refractivity contribution in [3.8, 4) is 0 Å². The van der Waals surface area contributed by atoms with E-state index in [2.05, 4.69) is 15.5 Å². The molecule has 1 heterocycles. The highest BCUT2D eigenvalue weighted by Crippen LogP contribution is 2.22. The zero-order valence-electron chi connectivity index (χ0n) is 10.1. The fourth-order valence-electron chi connectivity index (χ4n) is 1.44. The van der Waals surface area contributed by atoms with E-state index in [0.717, 1.165) is 10.9 Å². The van der Waals surface area contributed by atoms with E-state index in [9.17, 15) is 4.79 Å². The van der Waals surface area contributed by atoms with E-state index in [0.29, 0.717) is 5.69 Å². The van der Waals surface area contributed by atoms with Gasteiger partial charge in [0.25, 0.3) is 5.91 Å². The molecular weight excluding hydrogens is 218 g/mol. The second-order valence-electron chi connectivity index (χ2n) is 4.31. The van der Waals surface area contributed by atoms with Crippen LogP contribution in [0.15, 0.2) is 24.4 Å². The first-order valence-corrected chi connectivity index (χ1v) is 5.33. The highest BCUT2D eigenvalue weighted by atomic mass is 16.5. The van der Waals surface area contributed by atoms with Gasteiger partial charge in [-0.15, -0.1) is 0 Å². The van der Waals surface area contributed by atoms with Gasteiger partial charge in [0.15, 0.2) is 0 Å². The molecule has 0 radical (unpaired) electrons. The molecule has 2 rings (SSSR count). The predicted molar refractivity (Wildman–Crippen MR) is 65.8 cm³/mol. The van der Waals surface area contributed by atoms with E-state index >= 15 is 0 Å². The topological polar surface area (TPSA) is 67.0 Å². The first-order valence-electron chi connectivity index (χ1n) is 5.33. The summed E-state index contributed by atoms with van der Waals surface area (Å²) in [5, 5.41) is 10.6. The second-order valence-corrected chi connectivity index (χ2v) is 4.31. The number of anilines is 1. The summed E-state index contributed by atoms with van der Waals surface area (Å²) in [6, 6.07) is 5.62. The highest BCUT2D eigenvalue weighted by Gasteiger charge is 2.27. The minimum absolute atomic E-state index is 0.192. The molecular formula is C12H15N3O2. The van der Waals surface area contributed by atoms with Crippen molar-refractivity contribution in [1.82, 2.24) is 10.2 Å². The Morgan fingerprint density at radius 1 is 1.47 bits per heavy atom. The number of nitrogens with one attached hydrogen (secondary N) is 2. The summed E-state index contributed by atoms with van der Waals surface area (Å²) in [6.07, 6.45) is 1.71. The number of H-pyrrole nitrogens is 1. The molecule has 0 saturated carbocycles. The molecule has 2 N–H and O–H groups in total. The number of fused-ring (bicyclic) bond motifs is 1. The van der Waals surface area contributed by atoms with Gasteiger partial charge in [-0.2, -0.15) is 5.10 Å². The second kappa shape index (κ2) is 4.18. The molecule has 1 aromatic carbocycles. The molecule has 0 aliphatic heterocycles. The normalized spacial score (nSPS) is 11.7. The van der Waals surface area contributed by atoms with Gasteiger partial charge in [0.1, 0.15) is 5.60 Å². The average Bonchev–Trinajstić information content (AvgIpc) is 2.78. The van der Waals surface area contributed by atoms with Crippen molar-refractivity contribution in [3.05, 3.63) is 24.4 Å². The van der Waals surface area contributed by atoms with Crippen LogP contribution in [0.3, 0.4) is 0 Å². The van der Waals surface area contributed by atoms with Crippen LogP contribution in [-0.2, 0) is 9.53 Å². The maximum absolute atomic E-state index is 12.0. The molecule has 17 heavy (non-hydrogen) atoms. The van der Waals surface area contributed by atoms with E-state index in [4.69, 9.17) is 4.74 Å². The SMILES string of the molecule is COC(C)(C)C(=O)Nc1cccc2cn[nH]c12. The maximum atomic E-state index is 12.0. The van der Waals surface area contributed by atoms with Gasteiger partial charge in [-0.3, -0.25) is 9.89 Å². The third-order valence-corrected chi connectivity index (χ3v) is 2.78. The van der Waals surface area contributed by atoms with Gasteiger partial charge in [-0.1, -0.05) is 12.1 Å². The molecule has 90 valence electrons. The van der Waals surface area contributed by atoms with E-state index in [-0.39, 0.29) is 5.91 Å². The molecule has 0 fully saturated rings. The third-order valence-electron chi connectivity index (χ3n) is 2.78. The van der Waals surface area contributed by atoms with Crippen LogP contribution in [0, 0.1) is 0 Å². The lowest BCUT2D eigenvalue weighted by atomic mass is 10.1. The zero-order chi connectivity index (χ0) is 12.5. The minimum atomic E-state index is -0.859. The van der Waals surface area contributed by atoms with Crippen molar-refractivity contribution in [3.63, 3.8) is 0 Å². The number of methoxy groups -OCH3 is 1. The Morgan fingerprint density at radius 2 is 2.24 bits per heavy atom. The molecule has 0 aliphatic carbocycles.